The minimum Gasteiger partial charge on any atom is -0.496 e. The zero-order valence-corrected chi connectivity index (χ0v) is 15.2. The molecule has 0 aliphatic heterocycles. The smallest absolute Gasteiger partial charge is 0.310 e. The maximum atomic E-state index is 12.0. The molecule has 2 aromatic carbocycles. The third-order valence-electron chi connectivity index (χ3n) is 3.45. The van der Waals surface area contributed by atoms with Crippen molar-refractivity contribution in [1.82, 2.24) is 0 Å². The summed E-state index contributed by atoms with van der Waals surface area (Å²) in [5.74, 6) is -0.675. The van der Waals surface area contributed by atoms with Crippen LogP contribution in [0.4, 0.5) is 5.69 Å². The molecular formula is C18H19NO6S. The summed E-state index contributed by atoms with van der Waals surface area (Å²) in [5, 5.41) is 2.44. The van der Waals surface area contributed by atoms with Crippen LogP contribution in [0.2, 0.25) is 0 Å². The van der Waals surface area contributed by atoms with Crippen LogP contribution in [0.5, 0.6) is 5.75 Å². The molecule has 26 heavy (non-hydrogen) atoms. The lowest BCUT2D eigenvalue weighted by Crippen LogP contribution is -2.22. The monoisotopic (exact) mass is 377 g/mol. The van der Waals surface area contributed by atoms with E-state index in [4.69, 9.17) is 9.47 Å². The van der Waals surface area contributed by atoms with Gasteiger partial charge in [-0.2, -0.15) is 0 Å². The summed E-state index contributed by atoms with van der Waals surface area (Å²) < 4.78 is 33.5. The van der Waals surface area contributed by atoms with E-state index in [1.807, 2.05) is 0 Å². The number of hydrogen-bond donors (Lipinski definition) is 1. The number of carbonyl (C=O) groups is 2. The summed E-state index contributed by atoms with van der Waals surface area (Å²) in [5.41, 5.74) is 0.781. The van der Waals surface area contributed by atoms with Crippen LogP contribution >= 0.6 is 0 Å². The molecule has 0 atom stereocenters. The van der Waals surface area contributed by atoms with Crippen LogP contribution < -0.4 is 10.1 Å². The van der Waals surface area contributed by atoms with Crippen molar-refractivity contribution < 1.29 is 27.5 Å². The number of nitrogens with one attached hydrogen (secondary N) is 1. The molecule has 8 heteroatoms. The van der Waals surface area contributed by atoms with Gasteiger partial charge < -0.3 is 14.8 Å². The topological polar surface area (TPSA) is 98.8 Å². The van der Waals surface area contributed by atoms with Crippen LogP contribution in [-0.2, 0) is 30.6 Å². The van der Waals surface area contributed by atoms with Gasteiger partial charge in [0.25, 0.3) is 5.91 Å². The second-order valence-electron chi connectivity index (χ2n) is 5.47. The average Bonchev–Trinajstić information content (AvgIpc) is 2.60. The summed E-state index contributed by atoms with van der Waals surface area (Å²) in [4.78, 5) is 23.9. The number of sulfone groups is 1. The predicted molar refractivity (Wildman–Crippen MR) is 95.8 cm³/mol. The highest BCUT2D eigenvalue weighted by atomic mass is 32.2. The Morgan fingerprint density at radius 2 is 1.69 bits per heavy atom. The fraction of sp³-hybridized carbons (Fsp3) is 0.222. The van der Waals surface area contributed by atoms with E-state index in [-0.39, 0.29) is 17.0 Å². The molecule has 138 valence electrons. The number of esters is 1. The first-order valence-corrected chi connectivity index (χ1v) is 9.57. The van der Waals surface area contributed by atoms with Crippen molar-refractivity contribution in [1.29, 1.82) is 0 Å². The highest BCUT2D eigenvalue weighted by Crippen LogP contribution is 2.20. The van der Waals surface area contributed by atoms with Crippen molar-refractivity contribution in [2.24, 2.45) is 0 Å². The van der Waals surface area contributed by atoms with Gasteiger partial charge in [0.2, 0.25) is 0 Å². The summed E-state index contributed by atoms with van der Waals surface area (Å²) in [6.07, 6.45) is 1.00. The summed E-state index contributed by atoms with van der Waals surface area (Å²) in [6, 6.07) is 13.0. The molecule has 0 saturated carbocycles. The third kappa shape index (κ3) is 5.32. The number of ether oxygens (including phenoxy) is 2. The van der Waals surface area contributed by atoms with Gasteiger partial charge in [-0.15, -0.1) is 0 Å². The number of amides is 1. The number of anilines is 1. The zero-order chi connectivity index (χ0) is 19.2. The Morgan fingerprint density at radius 1 is 1.04 bits per heavy atom. The van der Waals surface area contributed by atoms with E-state index in [2.05, 4.69) is 5.32 Å². The first-order chi connectivity index (χ1) is 12.3. The maximum Gasteiger partial charge on any atom is 0.310 e. The molecule has 0 heterocycles. The maximum absolute atomic E-state index is 12.0. The van der Waals surface area contributed by atoms with E-state index in [0.29, 0.717) is 11.3 Å². The van der Waals surface area contributed by atoms with Gasteiger partial charge >= 0.3 is 5.97 Å². The molecule has 0 aliphatic carbocycles. The lowest BCUT2D eigenvalue weighted by molar-refractivity contribution is -0.146. The van der Waals surface area contributed by atoms with Crippen LogP contribution in [0.1, 0.15) is 5.56 Å². The van der Waals surface area contributed by atoms with Gasteiger partial charge in [0.15, 0.2) is 16.4 Å². The molecule has 1 amide bonds. The lowest BCUT2D eigenvalue weighted by atomic mass is 10.1. The minimum atomic E-state index is -3.50. The van der Waals surface area contributed by atoms with Gasteiger partial charge in [-0.05, 0) is 18.2 Å². The minimum absolute atomic E-state index is 0.00583. The number of rotatable bonds is 7. The molecule has 0 aliphatic rings. The Balaban J connectivity index is 1.94. The Labute approximate surface area is 151 Å². The number of methoxy groups -OCH3 is 1. The number of carbonyl (C=O) groups excluding carboxylic acids is 2. The molecule has 0 saturated heterocycles. The first kappa shape index (κ1) is 19.5. The van der Waals surface area contributed by atoms with E-state index in [1.165, 1.54) is 19.2 Å². The average molecular weight is 377 g/mol. The van der Waals surface area contributed by atoms with Gasteiger partial charge in [0.1, 0.15) is 5.75 Å². The van der Waals surface area contributed by atoms with Gasteiger partial charge in [-0.25, -0.2) is 8.42 Å². The number of para-hydroxylation sites is 2. The van der Waals surface area contributed by atoms with Crippen LogP contribution in [0, 0.1) is 0 Å². The van der Waals surface area contributed by atoms with E-state index in [9.17, 15) is 18.0 Å². The van der Waals surface area contributed by atoms with Crippen molar-refractivity contribution >= 4 is 27.4 Å². The second-order valence-corrected chi connectivity index (χ2v) is 7.45. The van der Waals surface area contributed by atoms with E-state index >= 15 is 0 Å². The Morgan fingerprint density at radius 3 is 2.38 bits per heavy atom. The van der Waals surface area contributed by atoms with Crippen LogP contribution in [0.25, 0.3) is 0 Å². The predicted octanol–water partition coefficient (Wildman–Crippen LogP) is 1.82. The fourth-order valence-corrected chi connectivity index (χ4v) is 3.13. The molecule has 1 N–H and O–H groups in total. The van der Waals surface area contributed by atoms with E-state index in [0.717, 1.165) is 6.26 Å². The Kier molecular flexibility index (Phi) is 6.35. The van der Waals surface area contributed by atoms with Crippen molar-refractivity contribution in [2.75, 3.05) is 25.3 Å². The molecule has 0 fully saturated rings. The second kappa shape index (κ2) is 8.48. The third-order valence-corrected chi connectivity index (χ3v) is 4.61. The molecular weight excluding hydrogens is 358 g/mol. The SMILES string of the molecule is COc1ccccc1CC(=O)OCC(=O)Nc1ccccc1S(C)(=O)=O. The molecule has 0 unspecified atom stereocenters. The summed E-state index contributed by atoms with van der Waals surface area (Å²) in [6.45, 7) is -0.522. The van der Waals surface area contributed by atoms with E-state index in [1.54, 1.807) is 36.4 Å². The Hall–Kier alpha value is -2.87. The zero-order valence-electron chi connectivity index (χ0n) is 14.4. The highest BCUT2D eigenvalue weighted by molar-refractivity contribution is 7.90. The largest absolute Gasteiger partial charge is 0.496 e. The van der Waals surface area contributed by atoms with Crippen LogP contribution in [0.15, 0.2) is 53.4 Å². The van der Waals surface area contributed by atoms with Crippen LogP contribution in [0.3, 0.4) is 0 Å². The van der Waals surface area contributed by atoms with Gasteiger partial charge in [0, 0.05) is 11.8 Å². The highest BCUT2D eigenvalue weighted by Gasteiger charge is 2.16. The molecule has 2 aromatic rings. The van der Waals surface area contributed by atoms with Gasteiger partial charge in [-0.3, -0.25) is 9.59 Å². The molecule has 0 bridgehead atoms. The van der Waals surface area contributed by atoms with Crippen molar-refractivity contribution in [3.05, 3.63) is 54.1 Å². The van der Waals surface area contributed by atoms with Crippen molar-refractivity contribution in [3.8, 4) is 5.75 Å². The molecule has 0 radical (unpaired) electrons. The Bertz CT molecular complexity index is 907. The summed E-state index contributed by atoms with van der Waals surface area (Å²) >= 11 is 0. The normalized spacial score (nSPS) is 10.8. The summed E-state index contributed by atoms with van der Waals surface area (Å²) in [7, 11) is -2.00. The quantitative estimate of drug-likeness (QED) is 0.739. The standard InChI is InChI=1S/C18H19NO6S/c1-24-15-9-5-3-7-13(15)11-18(21)25-12-17(20)19-14-8-4-6-10-16(14)26(2,22)23/h3-10H,11-12H2,1-2H3,(H,19,20). The number of benzene rings is 2. The van der Waals surface area contributed by atoms with Crippen molar-refractivity contribution in [2.45, 2.75) is 11.3 Å². The molecule has 0 aromatic heterocycles. The first-order valence-electron chi connectivity index (χ1n) is 7.67. The van der Waals surface area contributed by atoms with Crippen LogP contribution in [-0.4, -0.2) is 40.3 Å². The van der Waals surface area contributed by atoms with Gasteiger partial charge in [-0.1, -0.05) is 30.3 Å². The molecule has 2 rings (SSSR count). The lowest BCUT2D eigenvalue weighted by Gasteiger charge is -2.11. The van der Waals surface area contributed by atoms with Gasteiger partial charge in [0.05, 0.1) is 24.1 Å². The molecule has 0 spiro atoms. The number of hydrogen-bond acceptors (Lipinski definition) is 6. The van der Waals surface area contributed by atoms with Crippen molar-refractivity contribution in [3.63, 3.8) is 0 Å². The molecule has 7 nitrogen and oxygen atoms in total. The fourth-order valence-electron chi connectivity index (χ4n) is 2.28. The van der Waals surface area contributed by atoms with E-state index < -0.39 is 28.3 Å².